The number of nitrogens with zero attached hydrogens (tertiary/aromatic N) is 3. The Labute approximate surface area is 147 Å². The minimum absolute atomic E-state index is 0.0872. The van der Waals surface area contributed by atoms with Crippen LogP contribution in [0.5, 0.6) is 0 Å². The van der Waals surface area contributed by atoms with E-state index in [0.717, 1.165) is 12.1 Å². The second-order valence-electron chi connectivity index (χ2n) is 6.23. The van der Waals surface area contributed by atoms with Gasteiger partial charge in [0.2, 0.25) is 0 Å². The van der Waals surface area contributed by atoms with Gasteiger partial charge in [0.15, 0.2) is 0 Å². The van der Waals surface area contributed by atoms with Crippen LogP contribution >= 0.6 is 0 Å². The number of nitrogens with one attached hydrogen (secondary N) is 1. The summed E-state index contributed by atoms with van der Waals surface area (Å²) in [6, 6.07) is 14.9. The van der Waals surface area contributed by atoms with Gasteiger partial charge in [-0.2, -0.15) is 5.26 Å². The molecule has 0 atom stereocenters. The average Bonchev–Trinajstić information content (AvgIpc) is 2.60. The molecule has 0 spiro atoms. The van der Waals surface area contributed by atoms with Crippen LogP contribution in [-0.4, -0.2) is 22.9 Å². The second kappa shape index (κ2) is 8.27. The summed E-state index contributed by atoms with van der Waals surface area (Å²) in [5, 5.41) is 23.3. The fourth-order valence-corrected chi connectivity index (χ4v) is 2.43. The van der Waals surface area contributed by atoms with E-state index in [1.165, 1.54) is 11.6 Å². The number of nitro groups is 1. The topological polar surface area (TPSA) is 82.2 Å². The maximum atomic E-state index is 11.2. The van der Waals surface area contributed by atoms with Crippen molar-refractivity contribution in [3.63, 3.8) is 0 Å². The molecule has 0 saturated heterocycles. The van der Waals surface area contributed by atoms with Gasteiger partial charge in [0.25, 0.3) is 5.69 Å². The first-order chi connectivity index (χ1) is 11.9. The predicted octanol–water partition coefficient (Wildman–Crippen LogP) is 3.92. The molecule has 130 valence electrons. The lowest BCUT2D eigenvalue weighted by Gasteiger charge is -2.22. The highest BCUT2D eigenvalue weighted by atomic mass is 16.6. The third-order valence-corrected chi connectivity index (χ3v) is 4.21. The van der Waals surface area contributed by atoms with E-state index in [9.17, 15) is 10.1 Å². The normalized spacial score (nSPS) is 10.7. The van der Waals surface area contributed by atoms with E-state index >= 15 is 0 Å². The van der Waals surface area contributed by atoms with Gasteiger partial charge >= 0.3 is 0 Å². The largest absolute Gasteiger partial charge is 0.375 e. The van der Waals surface area contributed by atoms with E-state index in [4.69, 9.17) is 5.26 Å². The van der Waals surface area contributed by atoms with Crippen molar-refractivity contribution in [1.82, 2.24) is 4.90 Å². The van der Waals surface area contributed by atoms with Crippen LogP contribution < -0.4 is 5.32 Å². The van der Waals surface area contributed by atoms with E-state index < -0.39 is 4.92 Å². The van der Waals surface area contributed by atoms with E-state index in [0.29, 0.717) is 18.3 Å². The number of hydrogen-bond acceptors (Lipinski definition) is 5. The Bertz CT molecular complexity index is 796. The maximum absolute atomic E-state index is 11.2. The van der Waals surface area contributed by atoms with Crippen LogP contribution in [0.15, 0.2) is 42.5 Å². The molecule has 0 amide bonds. The quantitative estimate of drug-likeness (QED) is 0.611. The molecule has 0 fully saturated rings. The molecule has 0 saturated carbocycles. The summed E-state index contributed by atoms with van der Waals surface area (Å²) in [5.74, 6) is 0. The Kier molecular flexibility index (Phi) is 6.09. The van der Waals surface area contributed by atoms with E-state index in [-0.39, 0.29) is 11.3 Å². The van der Waals surface area contributed by atoms with E-state index in [1.54, 1.807) is 12.1 Å². The molecule has 2 aromatic rings. The monoisotopic (exact) mass is 338 g/mol. The van der Waals surface area contributed by atoms with Gasteiger partial charge in [-0.05, 0) is 44.2 Å². The Morgan fingerprint density at radius 2 is 1.92 bits per heavy atom. The fraction of sp³-hybridized carbons (Fsp3) is 0.316. The van der Waals surface area contributed by atoms with Crippen molar-refractivity contribution in [2.24, 2.45) is 0 Å². The van der Waals surface area contributed by atoms with Crippen LogP contribution in [0, 0.1) is 21.4 Å². The first-order valence-corrected chi connectivity index (χ1v) is 8.11. The van der Waals surface area contributed by atoms with Crippen molar-refractivity contribution < 1.29 is 4.92 Å². The molecular weight excluding hydrogens is 316 g/mol. The van der Waals surface area contributed by atoms with Crippen molar-refractivity contribution in [1.29, 1.82) is 5.26 Å². The zero-order valence-corrected chi connectivity index (χ0v) is 14.7. The highest BCUT2D eigenvalue weighted by Crippen LogP contribution is 2.26. The molecular formula is C19H22N4O2. The fourth-order valence-electron chi connectivity index (χ4n) is 2.43. The third kappa shape index (κ3) is 4.78. The number of benzene rings is 2. The minimum atomic E-state index is -0.471. The van der Waals surface area contributed by atoms with Crippen molar-refractivity contribution in [2.75, 3.05) is 12.4 Å². The van der Waals surface area contributed by atoms with Crippen LogP contribution in [0.4, 0.5) is 11.4 Å². The lowest BCUT2D eigenvalue weighted by Crippen LogP contribution is -2.26. The van der Waals surface area contributed by atoms with Crippen molar-refractivity contribution in [3.05, 3.63) is 69.3 Å². The molecule has 0 bridgehead atoms. The SMILES string of the molecule is CC(C)N(C)Cc1ccccc1CNc1ccc(C#N)cc1[N+](=O)[O-]. The average molecular weight is 338 g/mol. The van der Waals surface area contributed by atoms with Crippen LogP contribution in [0.25, 0.3) is 0 Å². The number of nitriles is 1. The first kappa shape index (κ1) is 18.4. The third-order valence-electron chi connectivity index (χ3n) is 4.21. The zero-order valence-electron chi connectivity index (χ0n) is 14.7. The molecule has 0 radical (unpaired) electrons. The predicted molar refractivity (Wildman–Crippen MR) is 98.2 cm³/mol. The van der Waals surface area contributed by atoms with Crippen molar-refractivity contribution in [2.45, 2.75) is 33.0 Å². The highest BCUT2D eigenvalue weighted by Gasteiger charge is 2.15. The lowest BCUT2D eigenvalue weighted by molar-refractivity contribution is -0.384. The molecule has 2 rings (SSSR count). The molecule has 25 heavy (non-hydrogen) atoms. The molecule has 6 nitrogen and oxygen atoms in total. The van der Waals surface area contributed by atoms with Gasteiger partial charge < -0.3 is 5.32 Å². The Hall–Kier alpha value is -2.91. The summed E-state index contributed by atoms with van der Waals surface area (Å²) in [5.41, 5.74) is 2.87. The second-order valence-corrected chi connectivity index (χ2v) is 6.23. The van der Waals surface area contributed by atoms with Crippen LogP contribution in [0.3, 0.4) is 0 Å². The number of rotatable bonds is 7. The summed E-state index contributed by atoms with van der Waals surface area (Å²) >= 11 is 0. The van der Waals surface area contributed by atoms with Crippen molar-refractivity contribution >= 4 is 11.4 Å². The van der Waals surface area contributed by atoms with Gasteiger partial charge in [-0.3, -0.25) is 15.0 Å². The van der Waals surface area contributed by atoms with Crippen LogP contribution in [-0.2, 0) is 13.1 Å². The molecule has 0 unspecified atom stereocenters. The number of anilines is 1. The molecule has 6 heteroatoms. The molecule has 0 aliphatic rings. The van der Waals surface area contributed by atoms with Gasteiger partial charge in [-0.15, -0.1) is 0 Å². The molecule has 1 N–H and O–H groups in total. The van der Waals surface area contributed by atoms with Crippen LogP contribution in [0.2, 0.25) is 0 Å². The van der Waals surface area contributed by atoms with Gasteiger partial charge in [0.1, 0.15) is 5.69 Å². The molecule has 0 heterocycles. The van der Waals surface area contributed by atoms with Gasteiger partial charge in [0, 0.05) is 25.2 Å². The van der Waals surface area contributed by atoms with E-state index in [1.807, 2.05) is 24.3 Å². The minimum Gasteiger partial charge on any atom is -0.375 e. The Balaban J connectivity index is 2.20. The zero-order chi connectivity index (χ0) is 18.4. The van der Waals surface area contributed by atoms with E-state index in [2.05, 4.69) is 37.2 Å². The Morgan fingerprint density at radius 3 is 2.52 bits per heavy atom. The van der Waals surface area contributed by atoms with Gasteiger partial charge in [-0.1, -0.05) is 24.3 Å². The summed E-state index contributed by atoms with van der Waals surface area (Å²) in [7, 11) is 2.07. The maximum Gasteiger partial charge on any atom is 0.293 e. The Morgan fingerprint density at radius 1 is 1.24 bits per heavy atom. The smallest absolute Gasteiger partial charge is 0.293 e. The molecule has 2 aromatic carbocycles. The molecule has 0 aliphatic carbocycles. The summed E-state index contributed by atoms with van der Waals surface area (Å²) < 4.78 is 0. The summed E-state index contributed by atoms with van der Waals surface area (Å²) in [4.78, 5) is 13.0. The number of nitro benzene ring substituents is 1. The standard InChI is InChI=1S/C19H22N4O2/c1-14(2)22(3)13-17-7-5-4-6-16(17)12-21-18-9-8-15(11-20)10-19(18)23(24)25/h4-10,14,21H,12-13H2,1-3H3. The molecule has 0 aliphatic heterocycles. The summed E-state index contributed by atoms with van der Waals surface area (Å²) in [6.45, 7) is 5.57. The lowest BCUT2D eigenvalue weighted by atomic mass is 10.1. The molecule has 0 aromatic heterocycles. The highest BCUT2D eigenvalue weighted by molar-refractivity contribution is 5.64. The number of hydrogen-bond donors (Lipinski definition) is 1. The van der Waals surface area contributed by atoms with Gasteiger partial charge in [-0.25, -0.2) is 0 Å². The van der Waals surface area contributed by atoms with Gasteiger partial charge in [0.05, 0.1) is 16.6 Å². The first-order valence-electron chi connectivity index (χ1n) is 8.11. The van der Waals surface area contributed by atoms with Crippen molar-refractivity contribution in [3.8, 4) is 6.07 Å². The van der Waals surface area contributed by atoms with Crippen LogP contribution in [0.1, 0.15) is 30.5 Å². The summed E-state index contributed by atoms with van der Waals surface area (Å²) in [6.07, 6.45) is 0.